The van der Waals surface area contributed by atoms with Gasteiger partial charge in [0.1, 0.15) is 6.04 Å². The first kappa shape index (κ1) is 26.1. The van der Waals surface area contributed by atoms with Crippen LogP contribution in [0.2, 0.25) is 0 Å². The molecule has 1 atom stereocenters. The molecule has 0 spiro atoms. The van der Waals surface area contributed by atoms with Gasteiger partial charge in [0.25, 0.3) is 5.91 Å². The van der Waals surface area contributed by atoms with Gasteiger partial charge in [-0.3, -0.25) is 9.20 Å². The van der Waals surface area contributed by atoms with E-state index in [1.54, 1.807) is 18.2 Å². The van der Waals surface area contributed by atoms with Crippen LogP contribution in [0.15, 0.2) is 48.7 Å². The number of carbonyl (C=O) groups excluding carboxylic acids is 1. The van der Waals surface area contributed by atoms with Crippen LogP contribution in [-0.2, 0) is 0 Å². The highest BCUT2D eigenvalue weighted by atomic mass is 32.1. The third-order valence-electron chi connectivity index (χ3n) is 6.34. The van der Waals surface area contributed by atoms with Gasteiger partial charge in [-0.1, -0.05) is 49.4 Å². The molecule has 2 aromatic heterocycles. The Morgan fingerprint density at radius 1 is 1.14 bits per heavy atom. The second kappa shape index (κ2) is 11.0. The maximum absolute atomic E-state index is 13.2. The first-order valence-electron chi connectivity index (χ1n) is 12.0. The first-order valence-corrected chi connectivity index (χ1v) is 12.8. The third-order valence-corrected chi connectivity index (χ3v) is 7.36. The summed E-state index contributed by atoms with van der Waals surface area (Å²) in [6.07, 6.45) is -1.60. The highest BCUT2D eigenvalue weighted by Crippen LogP contribution is 2.34. The highest BCUT2D eigenvalue weighted by molar-refractivity contribution is 7.23. The Bertz CT molecular complexity index is 1330. The van der Waals surface area contributed by atoms with E-state index < -0.39 is 12.2 Å². The van der Waals surface area contributed by atoms with Gasteiger partial charge in [-0.05, 0) is 56.9 Å². The number of hydrogen-bond acceptors (Lipinski definition) is 5. The van der Waals surface area contributed by atoms with Gasteiger partial charge in [-0.15, -0.1) is 0 Å². The van der Waals surface area contributed by atoms with Crippen molar-refractivity contribution in [3.05, 3.63) is 59.8 Å². The summed E-state index contributed by atoms with van der Waals surface area (Å²) < 4.78 is 42.4. The number of alkyl halides is 3. The van der Waals surface area contributed by atoms with Crippen molar-refractivity contribution in [3.8, 4) is 11.3 Å². The smallest absolute Gasteiger partial charge is 0.352 e. The minimum atomic E-state index is -4.37. The molecule has 0 radical (unpaired) electrons. The number of imidazole rings is 1. The lowest BCUT2D eigenvalue weighted by Gasteiger charge is -2.20. The van der Waals surface area contributed by atoms with Crippen molar-refractivity contribution in [2.45, 2.75) is 32.5 Å². The number of hydrogen-bond donors (Lipinski definition) is 2. The molecule has 0 aliphatic heterocycles. The fourth-order valence-electron chi connectivity index (χ4n) is 4.29. The molecule has 1 unspecified atom stereocenters. The van der Waals surface area contributed by atoms with Crippen molar-refractivity contribution in [2.24, 2.45) is 0 Å². The standard InChI is InChI=1S/C26H30F3N5OS/c1-4-33(5-2)14-6-13-31-24(35)19-11-12-21-22(15-19)36-25-32-20(16-34(21)25)17-7-9-18(10-8-17)23(30-3)26(27,28)29/h7-12,15-16,23,30H,4-6,13-14H2,1-3H3,(H,31,35). The molecule has 36 heavy (non-hydrogen) atoms. The number of halogens is 3. The average molecular weight is 518 g/mol. The van der Waals surface area contributed by atoms with Gasteiger partial charge in [0.05, 0.1) is 15.9 Å². The molecule has 0 fully saturated rings. The van der Waals surface area contributed by atoms with Gasteiger partial charge in [0.2, 0.25) is 0 Å². The van der Waals surface area contributed by atoms with Gasteiger partial charge >= 0.3 is 6.18 Å². The molecule has 2 aromatic carbocycles. The number of nitrogens with one attached hydrogen (secondary N) is 2. The zero-order valence-corrected chi connectivity index (χ0v) is 21.3. The van der Waals surface area contributed by atoms with E-state index in [-0.39, 0.29) is 11.5 Å². The number of nitrogens with zero attached hydrogens (tertiary/aromatic N) is 3. The van der Waals surface area contributed by atoms with Crippen LogP contribution in [-0.4, -0.2) is 59.6 Å². The largest absolute Gasteiger partial charge is 0.407 e. The maximum Gasteiger partial charge on any atom is 0.407 e. The van der Waals surface area contributed by atoms with E-state index in [9.17, 15) is 18.0 Å². The summed E-state index contributed by atoms with van der Waals surface area (Å²) in [5.74, 6) is -0.0954. The Labute approximate surface area is 212 Å². The molecule has 0 aliphatic rings. The van der Waals surface area contributed by atoms with Crippen molar-refractivity contribution in [1.29, 1.82) is 0 Å². The van der Waals surface area contributed by atoms with E-state index in [0.717, 1.165) is 46.8 Å². The van der Waals surface area contributed by atoms with Crippen LogP contribution in [0.5, 0.6) is 0 Å². The first-order chi connectivity index (χ1) is 17.2. The highest BCUT2D eigenvalue weighted by Gasteiger charge is 2.39. The Balaban J connectivity index is 1.48. The summed E-state index contributed by atoms with van der Waals surface area (Å²) in [5, 5.41) is 5.31. The van der Waals surface area contributed by atoms with Gasteiger partial charge in [0.15, 0.2) is 4.96 Å². The minimum Gasteiger partial charge on any atom is -0.352 e. The lowest BCUT2D eigenvalue weighted by atomic mass is 10.0. The van der Waals surface area contributed by atoms with Crippen LogP contribution >= 0.6 is 11.3 Å². The fraction of sp³-hybridized carbons (Fsp3) is 0.385. The van der Waals surface area contributed by atoms with Crippen molar-refractivity contribution >= 4 is 32.4 Å². The number of fused-ring (bicyclic) bond motifs is 3. The Morgan fingerprint density at radius 2 is 1.86 bits per heavy atom. The number of amides is 1. The van der Waals surface area contributed by atoms with Crippen LogP contribution in [0.3, 0.4) is 0 Å². The number of benzene rings is 2. The van der Waals surface area contributed by atoms with Gasteiger partial charge < -0.3 is 15.5 Å². The SMILES string of the molecule is CCN(CC)CCCNC(=O)c1ccc2c(c1)sc1nc(-c3ccc(C(NC)C(F)(F)F)cc3)cn12. The molecule has 6 nitrogen and oxygen atoms in total. The molecule has 192 valence electrons. The van der Waals surface area contributed by atoms with E-state index in [2.05, 4.69) is 34.4 Å². The van der Waals surface area contributed by atoms with Crippen molar-refractivity contribution in [3.63, 3.8) is 0 Å². The molecule has 4 rings (SSSR count). The number of rotatable bonds is 10. The predicted octanol–water partition coefficient (Wildman–Crippen LogP) is 5.50. The molecular formula is C26H30F3N5OS. The van der Waals surface area contributed by atoms with Gasteiger partial charge in [-0.25, -0.2) is 4.98 Å². The zero-order chi connectivity index (χ0) is 25.9. The van der Waals surface area contributed by atoms with Gasteiger partial charge in [-0.2, -0.15) is 13.2 Å². The van der Waals surface area contributed by atoms with Crippen LogP contribution in [0.4, 0.5) is 13.2 Å². The second-order valence-electron chi connectivity index (χ2n) is 8.58. The van der Waals surface area contributed by atoms with E-state index in [1.165, 1.54) is 30.5 Å². The Morgan fingerprint density at radius 3 is 2.50 bits per heavy atom. The van der Waals surface area contributed by atoms with Crippen LogP contribution in [0.25, 0.3) is 26.4 Å². The van der Waals surface area contributed by atoms with Crippen molar-refractivity contribution in [2.75, 3.05) is 33.2 Å². The minimum absolute atomic E-state index is 0.0954. The summed E-state index contributed by atoms with van der Waals surface area (Å²) >= 11 is 1.47. The molecule has 4 aromatic rings. The van der Waals surface area contributed by atoms with Crippen LogP contribution in [0.1, 0.15) is 42.2 Å². The van der Waals surface area contributed by atoms with E-state index in [0.29, 0.717) is 17.8 Å². The zero-order valence-electron chi connectivity index (χ0n) is 20.5. The maximum atomic E-state index is 13.2. The molecular weight excluding hydrogens is 487 g/mol. The fourth-order valence-corrected chi connectivity index (χ4v) is 5.34. The Kier molecular flexibility index (Phi) is 7.97. The Hall–Kier alpha value is -2.95. The molecule has 2 N–H and O–H groups in total. The predicted molar refractivity (Wildman–Crippen MR) is 139 cm³/mol. The normalized spacial score (nSPS) is 13.1. The summed E-state index contributed by atoms with van der Waals surface area (Å²) in [4.78, 5) is 20.4. The second-order valence-corrected chi connectivity index (χ2v) is 9.59. The quantitative estimate of drug-likeness (QED) is 0.273. The lowest BCUT2D eigenvalue weighted by Crippen LogP contribution is -2.31. The summed E-state index contributed by atoms with van der Waals surface area (Å²) in [6.45, 7) is 7.85. The third kappa shape index (κ3) is 5.55. The van der Waals surface area contributed by atoms with E-state index in [4.69, 9.17) is 0 Å². The van der Waals surface area contributed by atoms with Crippen molar-refractivity contribution < 1.29 is 18.0 Å². The molecule has 10 heteroatoms. The summed E-state index contributed by atoms with van der Waals surface area (Å²) in [6, 6.07) is 10.1. The topological polar surface area (TPSA) is 61.7 Å². The number of carbonyl (C=O) groups is 1. The average Bonchev–Trinajstić information content (AvgIpc) is 3.41. The molecule has 1 amide bonds. The molecule has 2 heterocycles. The van der Waals surface area contributed by atoms with Gasteiger partial charge in [0, 0.05) is 23.9 Å². The molecule has 0 bridgehead atoms. The summed E-state index contributed by atoms with van der Waals surface area (Å²) in [5.41, 5.74) is 3.10. The number of thiazole rings is 1. The van der Waals surface area contributed by atoms with E-state index in [1.807, 2.05) is 22.7 Å². The van der Waals surface area contributed by atoms with Crippen molar-refractivity contribution in [1.82, 2.24) is 24.9 Å². The summed E-state index contributed by atoms with van der Waals surface area (Å²) in [7, 11) is 1.29. The molecule has 0 saturated heterocycles. The van der Waals surface area contributed by atoms with Crippen LogP contribution in [0, 0.1) is 0 Å². The lowest BCUT2D eigenvalue weighted by molar-refractivity contribution is -0.156. The molecule has 0 saturated carbocycles. The van der Waals surface area contributed by atoms with E-state index >= 15 is 0 Å². The molecule has 0 aliphatic carbocycles. The number of aromatic nitrogens is 2. The monoisotopic (exact) mass is 517 g/mol. The van der Waals surface area contributed by atoms with Crippen LogP contribution < -0.4 is 10.6 Å².